The maximum absolute atomic E-state index is 11.3. The number of carbonyl (C=O) groups is 1. The van der Waals surface area contributed by atoms with E-state index in [0.717, 1.165) is 0 Å². The van der Waals surface area contributed by atoms with Crippen LogP contribution in [-0.2, 0) is 6.61 Å². The second-order valence-corrected chi connectivity index (χ2v) is 3.88. The lowest BCUT2D eigenvalue weighted by Gasteiger charge is -2.10. The van der Waals surface area contributed by atoms with Crippen LogP contribution >= 0.6 is 0 Å². The number of pyridine rings is 1. The van der Waals surface area contributed by atoms with Crippen LogP contribution in [0.3, 0.4) is 0 Å². The minimum atomic E-state index is -0.651. The predicted octanol–water partition coefficient (Wildman–Crippen LogP) is 1.05. The van der Waals surface area contributed by atoms with Crippen LogP contribution in [0.25, 0.3) is 0 Å². The molecule has 0 radical (unpaired) electrons. The quantitative estimate of drug-likeness (QED) is 0.759. The third kappa shape index (κ3) is 2.99. The van der Waals surface area contributed by atoms with E-state index in [-0.39, 0.29) is 23.7 Å². The van der Waals surface area contributed by atoms with Crippen molar-refractivity contribution in [1.82, 2.24) is 4.98 Å². The van der Waals surface area contributed by atoms with Gasteiger partial charge in [-0.3, -0.25) is 4.79 Å². The molecule has 6 nitrogen and oxygen atoms in total. The summed E-state index contributed by atoms with van der Waals surface area (Å²) in [6, 6.07) is 8.19. The molecule has 0 bridgehead atoms. The van der Waals surface area contributed by atoms with E-state index >= 15 is 0 Å². The fourth-order valence-corrected chi connectivity index (χ4v) is 1.57. The van der Waals surface area contributed by atoms with Gasteiger partial charge in [-0.2, -0.15) is 0 Å². The Balaban J connectivity index is 2.34. The number of nitrogen functional groups attached to an aromatic ring is 1. The maximum Gasteiger partial charge on any atom is 0.252 e. The normalized spacial score (nSPS) is 10.2. The predicted molar refractivity (Wildman–Crippen MR) is 69.6 cm³/mol. The highest BCUT2D eigenvalue weighted by molar-refractivity contribution is 5.96. The van der Waals surface area contributed by atoms with Crippen molar-refractivity contribution in [3.05, 3.63) is 47.7 Å². The number of primary amides is 1. The molecule has 2 aromatic rings. The van der Waals surface area contributed by atoms with Gasteiger partial charge in [0.15, 0.2) is 5.75 Å². The lowest BCUT2D eigenvalue weighted by molar-refractivity contribution is 0.0998. The van der Waals surface area contributed by atoms with Gasteiger partial charge >= 0.3 is 0 Å². The number of aliphatic hydroxyl groups excluding tert-OH is 1. The molecule has 0 aliphatic heterocycles. The number of aromatic nitrogens is 1. The average Bonchev–Trinajstić information content (AvgIpc) is 2.41. The van der Waals surface area contributed by atoms with Crippen molar-refractivity contribution < 1.29 is 14.6 Å². The molecule has 0 atom stereocenters. The maximum atomic E-state index is 11.3. The first-order valence-electron chi connectivity index (χ1n) is 5.53. The molecule has 0 unspecified atom stereocenters. The van der Waals surface area contributed by atoms with Crippen LogP contribution < -0.4 is 16.2 Å². The molecule has 0 fully saturated rings. The molecule has 0 saturated heterocycles. The Morgan fingerprint density at radius 1 is 1.37 bits per heavy atom. The molecule has 2 rings (SSSR count). The van der Waals surface area contributed by atoms with Gasteiger partial charge in [-0.15, -0.1) is 0 Å². The Labute approximate surface area is 109 Å². The molecule has 0 spiro atoms. The summed E-state index contributed by atoms with van der Waals surface area (Å²) in [6.07, 6.45) is 1.33. The molecule has 1 aromatic heterocycles. The van der Waals surface area contributed by atoms with Crippen molar-refractivity contribution in [1.29, 1.82) is 0 Å². The van der Waals surface area contributed by atoms with Crippen LogP contribution in [0.15, 0.2) is 36.5 Å². The van der Waals surface area contributed by atoms with Crippen molar-refractivity contribution in [3.8, 4) is 11.5 Å². The average molecular weight is 259 g/mol. The lowest BCUT2D eigenvalue weighted by Crippen LogP contribution is -2.13. The summed E-state index contributed by atoms with van der Waals surface area (Å²) < 4.78 is 5.54. The van der Waals surface area contributed by atoms with Crippen LogP contribution in [-0.4, -0.2) is 16.0 Å². The minimum absolute atomic E-state index is 0.0974. The van der Waals surface area contributed by atoms with Crippen molar-refractivity contribution in [2.75, 3.05) is 5.73 Å². The Morgan fingerprint density at radius 2 is 2.16 bits per heavy atom. The Morgan fingerprint density at radius 3 is 2.84 bits per heavy atom. The fourth-order valence-electron chi connectivity index (χ4n) is 1.57. The molecule has 6 heteroatoms. The second-order valence-electron chi connectivity index (χ2n) is 3.88. The zero-order chi connectivity index (χ0) is 13.8. The summed E-state index contributed by atoms with van der Waals surface area (Å²) in [4.78, 5) is 15.2. The van der Waals surface area contributed by atoms with Gasteiger partial charge in [0.25, 0.3) is 5.91 Å². The minimum Gasteiger partial charge on any atom is -0.455 e. The topological polar surface area (TPSA) is 111 Å². The molecule has 1 amide bonds. The smallest absolute Gasteiger partial charge is 0.252 e. The monoisotopic (exact) mass is 259 g/mol. The van der Waals surface area contributed by atoms with Crippen molar-refractivity contribution >= 4 is 11.7 Å². The first kappa shape index (κ1) is 12.8. The standard InChI is InChI=1S/C13H13N3O3/c14-12-5-10(13(15)18)11(6-16-12)19-9-3-1-2-8(4-9)7-17/h1-6,17H,7H2,(H2,14,16)(H2,15,18). The van der Waals surface area contributed by atoms with E-state index < -0.39 is 5.91 Å². The number of rotatable bonds is 4. The second kappa shape index (κ2) is 5.36. The molecular weight excluding hydrogens is 246 g/mol. The SMILES string of the molecule is NC(=O)c1cc(N)ncc1Oc1cccc(CO)c1. The number of aliphatic hydroxyl groups is 1. The van der Waals surface area contributed by atoms with Gasteiger partial charge in [-0.25, -0.2) is 4.98 Å². The molecule has 1 aromatic carbocycles. The Kier molecular flexibility index (Phi) is 3.63. The van der Waals surface area contributed by atoms with Crippen molar-refractivity contribution in [3.63, 3.8) is 0 Å². The molecule has 98 valence electrons. The summed E-state index contributed by atoms with van der Waals surface area (Å²) in [5, 5.41) is 9.05. The van der Waals surface area contributed by atoms with E-state index in [1.165, 1.54) is 12.3 Å². The third-order valence-electron chi connectivity index (χ3n) is 2.46. The van der Waals surface area contributed by atoms with Crippen molar-refractivity contribution in [2.24, 2.45) is 5.73 Å². The third-order valence-corrected chi connectivity index (χ3v) is 2.46. The van der Waals surface area contributed by atoms with Gasteiger partial charge in [-0.1, -0.05) is 12.1 Å². The summed E-state index contributed by atoms with van der Waals surface area (Å²) in [5.74, 6) is 0.227. The first-order valence-corrected chi connectivity index (χ1v) is 5.53. The highest BCUT2D eigenvalue weighted by Crippen LogP contribution is 2.26. The van der Waals surface area contributed by atoms with E-state index in [0.29, 0.717) is 11.3 Å². The van der Waals surface area contributed by atoms with Gasteiger partial charge < -0.3 is 21.3 Å². The van der Waals surface area contributed by atoms with Crippen LogP contribution in [0.5, 0.6) is 11.5 Å². The first-order chi connectivity index (χ1) is 9.10. The highest BCUT2D eigenvalue weighted by Gasteiger charge is 2.12. The van der Waals surface area contributed by atoms with E-state index in [1.54, 1.807) is 24.3 Å². The number of ether oxygens (including phenoxy) is 1. The molecule has 0 aliphatic rings. The number of nitrogens with two attached hydrogens (primary N) is 2. The van der Waals surface area contributed by atoms with Gasteiger partial charge in [0, 0.05) is 0 Å². The lowest BCUT2D eigenvalue weighted by atomic mass is 10.2. The van der Waals surface area contributed by atoms with Gasteiger partial charge in [0.05, 0.1) is 18.4 Å². The number of carbonyl (C=O) groups excluding carboxylic acids is 1. The summed E-state index contributed by atoms with van der Waals surface area (Å²) in [7, 11) is 0. The molecule has 1 heterocycles. The zero-order valence-corrected chi connectivity index (χ0v) is 10.0. The number of anilines is 1. The van der Waals surface area contributed by atoms with Gasteiger partial charge in [0.2, 0.25) is 0 Å². The number of amides is 1. The molecule has 5 N–H and O–H groups in total. The molecule has 19 heavy (non-hydrogen) atoms. The van der Waals surface area contributed by atoms with E-state index in [4.69, 9.17) is 21.3 Å². The number of hydrogen-bond donors (Lipinski definition) is 3. The molecular formula is C13H13N3O3. The van der Waals surface area contributed by atoms with Gasteiger partial charge in [0.1, 0.15) is 11.6 Å². The van der Waals surface area contributed by atoms with E-state index in [1.807, 2.05) is 0 Å². The highest BCUT2D eigenvalue weighted by atomic mass is 16.5. The van der Waals surface area contributed by atoms with Crippen LogP contribution in [0.2, 0.25) is 0 Å². The Bertz CT molecular complexity index is 614. The number of hydrogen-bond acceptors (Lipinski definition) is 5. The van der Waals surface area contributed by atoms with Gasteiger partial charge in [-0.05, 0) is 23.8 Å². The largest absolute Gasteiger partial charge is 0.455 e. The summed E-state index contributed by atoms with van der Waals surface area (Å²) in [5.41, 5.74) is 11.6. The molecule has 0 saturated carbocycles. The van der Waals surface area contributed by atoms with Crippen LogP contribution in [0.1, 0.15) is 15.9 Å². The van der Waals surface area contributed by atoms with Crippen molar-refractivity contribution in [2.45, 2.75) is 6.61 Å². The number of nitrogens with zero attached hydrogens (tertiary/aromatic N) is 1. The Hall–Kier alpha value is -2.60. The van der Waals surface area contributed by atoms with E-state index in [9.17, 15) is 4.79 Å². The summed E-state index contributed by atoms with van der Waals surface area (Å²) >= 11 is 0. The summed E-state index contributed by atoms with van der Waals surface area (Å²) in [6.45, 7) is -0.0974. The zero-order valence-electron chi connectivity index (χ0n) is 10.0. The fraction of sp³-hybridized carbons (Fsp3) is 0.0769. The molecule has 0 aliphatic carbocycles. The number of benzene rings is 1. The van der Waals surface area contributed by atoms with E-state index in [2.05, 4.69) is 4.98 Å². The van der Waals surface area contributed by atoms with Crippen LogP contribution in [0.4, 0.5) is 5.82 Å². The van der Waals surface area contributed by atoms with Crippen LogP contribution in [0, 0.1) is 0 Å².